The van der Waals surface area contributed by atoms with Crippen molar-refractivity contribution in [2.24, 2.45) is 0 Å². The minimum Gasteiger partial charge on any atom is -0.371 e. The molecule has 0 bridgehead atoms. The smallest absolute Gasteiger partial charge is 0.371 e. The first-order chi connectivity index (χ1) is 11.0. The summed E-state index contributed by atoms with van der Waals surface area (Å²) in [5, 5.41) is 17.8. The lowest BCUT2D eigenvalue weighted by molar-refractivity contribution is -0.580. The number of rotatable bonds is 1. The van der Waals surface area contributed by atoms with Gasteiger partial charge in [0.05, 0.1) is 0 Å². The van der Waals surface area contributed by atoms with E-state index in [0.29, 0.717) is 0 Å². The highest BCUT2D eigenvalue weighted by atomic mass is 19.4. The zero-order chi connectivity index (χ0) is 21.4. The highest BCUT2D eigenvalue weighted by molar-refractivity contribution is 5.26. The second kappa shape index (κ2) is 5.27. The average Bonchev–Trinajstić information content (AvgIpc) is 2.37. The molecule has 0 amide bonds. The van der Waals surface area contributed by atoms with Crippen molar-refractivity contribution in [1.82, 2.24) is 0 Å². The van der Waals surface area contributed by atoms with Crippen molar-refractivity contribution in [3.63, 3.8) is 0 Å². The van der Waals surface area contributed by atoms with Gasteiger partial charge in [0.1, 0.15) is 0 Å². The van der Waals surface area contributed by atoms with E-state index in [1.165, 1.54) is 0 Å². The quantitative estimate of drug-likeness (QED) is 0.636. The molecular formula is C10H7F13O3. The van der Waals surface area contributed by atoms with Crippen LogP contribution in [0.4, 0.5) is 57.1 Å². The third-order valence-electron chi connectivity index (χ3n) is 3.91. The third kappa shape index (κ3) is 2.20. The first-order valence-corrected chi connectivity index (χ1v) is 6.12. The van der Waals surface area contributed by atoms with Gasteiger partial charge in [0.25, 0.3) is 5.60 Å². The van der Waals surface area contributed by atoms with Crippen molar-refractivity contribution >= 4 is 0 Å². The number of ether oxygens (including phenoxy) is 1. The van der Waals surface area contributed by atoms with Crippen LogP contribution in [0.2, 0.25) is 0 Å². The molecule has 156 valence electrons. The Balaban J connectivity index is 4.14. The molecule has 0 aromatic rings. The Morgan fingerprint density at radius 2 is 1.08 bits per heavy atom. The Hall–Kier alpha value is -1.03. The molecule has 1 saturated heterocycles. The van der Waals surface area contributed by atoms with E-state index in [2.05, 4.69) is 4.74 Å². The van der Waals surface area contributed by atoms with Gasteiger partial charge in [-0.2, -0.15) is 57.1 Å². The van der Waals surface area contributed by atoms with Gasteiger partial charge in [-0.25, -0.2) is 0 Å². The predicted octanol–water partition coefficient (Wildman–Crippen LogP) is 3.54. The molecule has 0 aliphatic carbocycles. The first kappa shape index (κ1) is 23.0. The molecule has 0 radical (unpaired) electrons. The third-order valence-corrected chi connectivity index (χ3v) is 3.91. The van der Waals surface area contributed by atoms with Crippen LogP contribution in [-0.4, -0.2) is 57.6 Å². The lowest BCUT2D eigenvalue weighted by Crippen LogP contribution is -2.90. The molecule has 3 atom stereocenters. The molecular weight excluding hydrogens is 415 g/mol. The van der Waals surface area contributed by atoms with Crippen LogP contribution in [0.25, 0.3) is 0 Å². The predicted molar refractivity (Wildman–Crippen MR) is 52.1 cm³/mol. The normalized spacial score (nSPS) is 38.3. The van der Waals surface area contributed by atoms with Gasteiger partial charge >= 0.3 is 36.2 Å². The summed E-state index contributed by atoms with van der Waals surface area (Å²) in [5.74, 6) is -21.3. The summed E-state index contributed by atoms with van der Waals surface area (Å²) >= 11 is 0. The van der Waals surface area contributed by atoms with Crippen LogP contribution >= 0.6 is 0 Å². The molecule has 1 rings (SSSR count). The molecule has 0 spiro atoms. The summed E-state index contributed by atoms with van der Waals surface area (Å²) in [6.45, 7) is -0.0710. The molecule has 1 aliphatic heterocycles. The Labute approximate surface area is 134 Å². The second-order valence-corrected chi connectivity index (χ2v) is 5.28. The number of aliphatic hydroxyl groups is 2. The molecule has 0 aromatic heterocycles. The minimum atomic E-state index is -7.46. The van der Waals surface area contributed by atoms with Gasteiger partial charge in [-0.05, 0) is 6.42 Å². The van der Waals surface area contributed by atoms with Gasteiger partial charge in [-0.15, -0.1) is 0 Å². The lowest BCUT2D eigenvalue weighted by atomic mass is 9.70. The standard InChI is InChI=1S/C10H7F13O3/c1-2-3(8(15,16)17)5(11,12)4(24,9(18,19)20)6(13,14)7(25,26-3)10(21,22)23/h24-25H,2H2,1H3. The van der Waals surface area contributed by atoms with Gasteiger partial charge in [0, 0.05) is 0 Å². The fraction of sp³-hybridized carbons (Fsp3) is 1.00. The van der Waals surface area contributed by atoms with Crippen molar-refractivity contribution in [3.05, 3.63) is 0 Å². The molecule has 3 unspecified atom stereocenters. The van der Waals surface area contributed by atoms with Crippen LogP contribution < -0.4 is 0 Å². The zero-order valence-electron chi connectivity index (χ0n) is 11.9. The average molecular weight is 422 g/mol. The van der Waals surface area contributed by atoms with Gasteiger partial charge in [0.15, 0.2) is 0 Å². The topological polar surface area (TPSA) is 49.7 Å². The van der Waals surface area contributed by atoms with E-state index in [1.807, 2.05) is 0 Å². The fourth-order valence-corrected chi connectivity index (χ4v) is 2.44. The van der Waals surface area contributed by atoms with Gasteiger partial charge in [0.2, 0.25) is 5.60 Å². The Kier molecular flexibility index (Phi) is 4.67. The van der Waals surface area contributed by atoms with Gasteiger partial charge in [-0.3, -0.25) is 0 Å². The monoisotopic (exact) mass is 422 g/mol. The summed E-state index contributed by atoms with van der Waals surface area (Å²) in [5.41, 5.74) is -13.3. The number of halogens is 13. The van der Waals surface area contributed by atoms with Crippen LogP contribution in [0.5, 0.6) is 0 Å². The van der Waals surface area contributed by atoms with E-state index in [-0.39, 0.29) is 6.92 Å². The molecule has 26 heavy (non-hydrogen) atoms. The lowest BCUT2D eigenvalue weighted by Gasteiger charge is -2.59. The number of hydrogen-bond acceptors (Lipinski definition) is 3. The second-order valence-electron chi connectivity index (χ2n) is 5.28. The number of alkyl halides is 13. The molecule has 0 aromatic carbocycles. The molecule has 2 N–H and O–H groups in total. The van der Waals surface area contributed by atoms with E-state index in [9.17, 15) is 57.1 Å². The van der Waals surface area contributed by atoms with E-state index in [4.69, 9.17) is 10.2 Å². The van der Waals surface area contributed by atoms with Crippen molar-refractivity contribution in [3.8, 4) is 0 Å². The van der Waals surface area contributed by atoms with E-state index >= 15 is 0 Å². The molecule has 0 saturated carbocycles. The van der Waals surface area contributed by atoms with Gasteiger partial charge < -0.3 is 14.9 Å². The van der Waals surface area contributed by atoms with Crippen LogP contribution in [0.3, 0.4) is 0 Å². The maximum Gasteiger partial charge on any atom is 0.449 e. The molecule has 3 nitrogen and oxygen atoms in total. The molecule has 1 fully saturated rings. The number of hydrogen-bond donors (Lipinski definition) is 2. The van der Waals surface area contributed by atoms with Crippen molar-refractivity contribution in [1.29, 1.82) is 0 Å². The molecule has 1 heterocycles. The molecule has 1 aliphatic rings. The zero-order valence-corrected chi connectivity index (χ0v) is 11.9. The van der Waals surface area contributed by atoms with Crippen LogP contribution in [0.1, 0.15) is 13.3 Å². The Morgan fingerprint density at radius 3 is 1.31 bits per heavy atom. The van der Waals surface area contributed by atoms with Gasteiger partial charge in [-0.1, -0.05) is 6.92 Å². The summed E-state index contributed by atoms with van der Waals surface area (Å²) in [4.78, 5) is 0. The maximum absolute atomic E-state index is 14.0. The first-order valence-electron chi connectivity index (χ1n) is 6.12. The minimum absolute atomic E-state index is 0.0710. The van der Waals surface area contributed by atoms with Crippen molar-refractivity contribution in [2.45, 2.75) is 60.7 Å². The summed E-state index contributed by atoms with van der Waals surface area (Å²) in [7, 11) is 0. The molecule has 16 heteroatoms. The summed E-state index contributed by atoms with van der Waals surface area (Å²) in [6.07, 6.45) is -24.0. The van der Waals surface area contributed by atoms with Crippen LogP contribution in [0, 0.1) is 0 Å². The van der Waals surface area contributed by atoms with E-state index in [0.717, 1.165) is 0 Å². The van der Waals surface area contributed by atoms with Crippen LogP contribution in [0.15, 0.2) is 0 Å². The summed E-state index contributed by atoms with van der Waals surface area (Å²) < 4.78 is 174. The Bertz CT molecular complexity index is 564. The summed E-state index contributed by atoms with van der Waals surface area (Å²) in [6, 6.07) is 0. The van der Waals surface area contributed by atoms with E-state index in [1.54, 1.807) is 0 Å². The highest BCUT2D eigenvalue weighted by Crippen LogP contribution is 2.68. The fourth-order valence-electron chi connectivity index (χ4n) is 2.44. The van der Waals surface area contributed by atoms with E-state index < -0.39 is 53.8 Å². The SMILES string of the molecule is CCC1(C(F)(F)F)OC(O)(C(F)(F)F)C(F)(F)C(O)(C(F)(F)F)C1(F)F. The van der Waals surface area contributed by atoms with Crippen LogP contribution in [-0.2, 0) is 4.74 Å². The Morgan fingerprint density at radius 1 is 0.692 bits per heavy atom. The van der Waals surface area contributed by atoms with Crippen molar-refractivity contribution in [2.75, 3.05) is 0 Å². The van der Waals surface area contributed by atoms with Crippen molar-refractivity contribution < 1.29 is 72.0 Å². The highest BCUT2D eigenvalue weighted by Gasteiger charge is 3.00. The maximum atomic E-state index is 14.0. The largest absolute Gasteiger partial charge is 0.449 e.